The van der Waals surface area contributed by atoms with Crippen molar-refractivity contribution in [3.05, 3.63) is 0 Å². The van der Waals surface area contributed by atoms with Crippen LogP contribution < -0.4 is 0 Å². The molecule has 0 aromatic carbocycles. The van der Waals surface area contributed by atoms with Gasteiger partial charge in [0.25, 0.3) is 0 Å². The zero-order valence-electron chi connectivity index (χ0n) is 30.5. The normalized spacial score (nSPS) is 12.0. The van der Waals surface area contributed by atoms with E-state index in [-0.39, 0.29) is 0 Å². The van der Waals surface area contributed by atoms with E-state index in [9.17, 15) is 0 Å². The van der Waals surface area contributed by atoms with Gasteiger partial charge in [-0.3, -0.25) is 0 Å². The first-order chi connectivity index (χ1) is 21.7. The molecule has 0 saturated heterocycles. The Balaban J connectivity index is 4.07. The van der Waals surface area contributed by atoms with Crippen LogP contribution in [-0.4, -0.2) is 19.0 Å². The second kappa shape index (κ2) is 38.4. The molecule has 0 radical (unpaired) electrons. The van der Waals surface area contributed by atoms with Crippen LogP contribution in [0.25, 0.3) is 0 Å². The summed E-state index contributed by atoms with van der Waals surface area (Å²) in [5.41, 5.74) is -2.21. The molecule has 0 fully saturated rings. The van der Waals surface area contributed by atoms with Crippen LogP contribution in [0, 0.1) is 0 Å². The first kappa shape index (κ1) is 44.9. The average molecular weight is 677 g/mol. The highest BCUT2D eigenvalue weighted by atomic mass is 32.9. The molecule has 0 aromatic rings. The van der Waals surface area contributed by atoms with Gasteiger partial charge in [0, 0.05) is 5.75 Å². The highest BCUT2D eigenvalue weighted by molar-refractivity contribution is 8.67. The highest BCUT2D eigenvalue weighted by Crippen LogP contribution is 2.61. The van der Waals surface area contributed by atoms with Gasteiger partial charge in [-0.1, -0.05) is 225 Å². The summed E-state index contributed by atoms with van der Waals surface area (Å²) in [6.45, 7) is 8.47. The van der Waals surface area contributed by atoms with Crippen LogP contribution in [0.5, 0.6) is 0 Å². The van der Waals surface area contributed by atoms with E-state index in [2.05, 4.69) is 20.8 Å². The Morgan fingerprint density at radius 1 is 0.341 bits per heavy atom. The molecule has 0 bridgehead atoms. The third kappa shape index (κ3) is 35.8. The number of hydrogen-bond acceptors (Lipinski definition) is 4. The summed E-state index contributed by atoms with van der Waals surface area (Å²) in [6.07, 6.45) is 45.3. The summed E-state index contributed by atoms with van der Waals surface area (Å²) in [4.78, 5) is 0. The fraction of sp³-hybridized carbons (Fsp3) is 1.00. The van der Waals surface area contributed by atoms with Gasteiger partial charge in [0.05, 0.1) is 13.2 Å². The second-order valence-corrected chi connectivity index (χ2v) is 20.0. The van der Waals surface area contributed by atoms with E-state index in [4.69, 9.17) is 20.9 Å². The van der Waals surface area contributed by atoms with Gasteiger partial charge in [-0.15, -0.1) is 0 Å². The molecule has 0 aliphatic rings. The Labute approximate surface area is 288 Å². The Hall–Kier alpha value is 0.920. The van der Waals surface area contributed by atoms with Crippen LogP contribution in [0.15, 0.2) is 0 Å². The quantitative estimate of drug-likeness (QED) is 0.0476. The maximum absolute atomic E-state index is 6.38. The molecule has 0 aliphatic carbocycles. The zero-order chi connectivity index (χ0) is 32.1. The minimum Gasteiger partial charge on any atom is -0.322 e. The molecule has 266 valence electrons. The molecule has 0 N–H and O–H groups in total. The molecule has 0 atom stereocenters. The Kier molecular flexibility index (Phi) is 39.2. The van der Waals surface area contributed by atoms with Crippen molar-refractivity contribution in [2.24, 2.45) is 0 Å². The van der Waals surface area contributed by atoms with Gasteiger partial charge in [-0.05, 0) is 31.1 Å². The minimum absolute atomic E-state index is 0.789. The largest absolute Gasteiger partial charge is 0.322 e. The van der Waals surface area contributed by atoms with Gasteiger partial charge in [0.2, 0.25) is 5.69 Å². The summed E-state index contributed by atoms with van der Waals surface area (Å²) < 4.78 is 12.8. The minimum atomic E-state index is -2.21. The first-order valence-electron chi connectivity index (χ1n) is 20.2. The van der Waals surface area contributed by atoms with Crippen molar-refractivity contribution in [1.82, 2.24) is 0 Å². The molecule has 5 heteroatoms. The molecule has 0 saturated carbocycles. The van der Waals surface area contributed by atoms with Crippen LogP contribution in [0.1, 0.15) is 233 Å². The lowest BCUT2D eigenvalue weighted by atomic mass is 10.1. The first-order valence-corrected chi connectivity index (χ1v) is 24.4. The van der Waals surface area contributed by atoms with Gasteiger partial charge in [0.15, 0.2) is 0 Å². The van der Waals surface area contributed by atoms with E-state index in [0.29, 0.717) is 0 Å². The number of rotatable bonds is 39. The SMILES string of the molecule is CCCCCCCCCCCCCOP(=S)(OCCCCCCCCCCCCC)SCCCCCCCCCCCCC. The van der Waals surface area contributed by atoms with Crippen molar-refractivity contribution in [2.75, 3.05) is 19.0 Å². The van der Waals surface area contributed by atoms with Crippen LogP contribution in [0.4, 0.5) is 0 Å². The topological polar surface area (TPSA) is 18.5 Å². The number of hydrogen-bond donors (Lipinski definition) is 0. The van der Waals surface area contributed by atoms with Crippen molar-refractivity contribution < 1.29 is 9.05 Å². The van der Waals surface area contributed by atoms with Gasteiger partial charge in [-0.2, -0.15) is 0 Å². The monoisotopic (exact) mass is 677 g/mol. The van der Waals surface area contributed by atoms with Gasteiger partial charge >= 0.3 is 0 Å². The molecular weight excluding hydrogens is 596 g/mol. The van der Waals surface area contributed by atoms with Crippen LogP contribution in [0.3, 0.4) is 0 Å². The molecule has 0 aliphatic heterocycles. The smallest absolute Gasteiger partial charge is 0.247 e. The molecule has 0 spiro atoms. The Morgan fingerprint density at radius 2 is 0.568 bits per heavy atom. The van der Waals surface area contributed by atoms with Crippen molar-refractivity contribution in [3.8, 4) is 0 Å². The Morgan fingerprint density at radius 3 is 0.841 bits per heavy atom. The van der Waals surface area contributed by atoms with Crippen LogP contribution in [0.2, 0.25) is 0 Å². The predicted molar refractivity (Wildman–Crippen MR) is 208 cm³/mol. The molecule has 0 heterocycles. The van der Waals surface area contributed by atoms with E-state index in [0.717, 1.165) is 31.8 Å². The summed E-state index contributed by atoms with van der Waals surface area (Å²) in [5, 5.41) is 0. The summed E-state index contributed by atoms with van der Waals surface area (Å²) >= 11 is 7.92. The summed E-state index contributed by atoms with van der Waals surface area (Å²) in [6, 6.07) is 0. The maximum Gasteiger partial charge on any atom is 0.247 e. The maximum atomic E-state index is 6.38. The summed E-state index contributed by atoms with van der Waals surface area (Å²) in [7, 11) is 0. The standard InChI is InChI=1S/C39H81O2PS2/c1-4-7-10-13-16-19-22-25-28-31-34-37-40-42(43,41-38-35-32-29-26-23-20-17-14-11-8-5-2)44-39-36-33-30-27-24-21-18-15-12-9-6-3/h4-39H2,1-3H3. The predicted octanol–water partition coefficient (Wildman–Crippen LogP) is 15.9. The Bertz CT molecular complexity index is 498. The highest BCUT2D eigenvalue weighted by Gasteiger charge is 2.19. The molecular formula is C39H81O2PS2. The van der Waals surface area contributed by atoms with Gasteiger partial charge in [-0.25, -0.2) is 0 Å². The van der Waals surface area contributed by atoms with Crippen molar-refractivity contribution in [2.45, 2.75) is 233 Å². The second-order valence-electron chi connectivity index (χ2n) is 13.6. The lowest BCUT2D eigenvalue weighted by molar-refractivity contribution is 0.249. The van der Waals surface area contributed by atoms with E-state index in [1.54, 1.807) is 0 Å². The fourth-order valence-corrected chi connectivity index (χ4v) is 10.5. The van der Waals surface area contributed by atoms with Crippen molar-refractivity contribution >= 4 is 28.9 Å². The van der Waals surface area contributed by atoms with Gasteiger partial charge in [0.1, 0.15) is 0 Å². The molecule has 0 amide bonds. The lowest BCUT2D eigenvalue weighted by Crippen LogP contribution is -1.98. The molecule has 44 heavy (non-hydrogen) atoms. The average Bonchev–Trinajstić information content (AvgIpc) is 3.02. The molecule has 2 nitrogen and oxygen atoms in total. The number of unbranched alkanes of at least 4 members (excludes halogenated alkanes) is 30. The molecule has 0 unspecified atom stereocenters. The van der Waals surface area contributed by atoms with E-state index in [1.165, 1.54) is 199 Å². The summed E-state index contributed by atoms with van der Waals surface area (Å²) in [5.74, 6) is 1.10. The molecule has 0 aromatic heterocycles. The fourth-order valence-electron chi connectivity index (χ4n) is 5.94. The van der Waals surface area contributed by atoms with Crippen LogP contribution >= 0.6 is 17.1 Å². The third-order valence-corrected chi connectivity index (χ3v) is 14.5. The van der Waals surface area contributed by atoms with Crippen molar-refractivity contribution in [3.63, 3.8) is 0 Å². The molecule has 0 rings (SSSR count). The van der Waals surface area contributed by atoms with Crippen LogP contribution in [-0.2, 0) is 20.9 Å². The third-order valence-electron chi connectivity index (χ3n) is 8.99. The zero-order valence-corrected chi connectivity index (χ0v) is 33.1. The van der Waals surface area contributed by atoms with Crippen molar-refractivity contribution in [1.29, 1.82) is 0 Å². The lowest BCUT2D eigenvalue weighted by Gasteiger charge is -2.21. The van der Waals surface area contributed by atoms with Gasteiger partial charge < -0.3 is 9.05 Å². The van der Waals surface area contributed by atoms with E-state index in [1.807, 2.05) is 11.4 Å². The van der Waals surface area contributed by atoms with E-state index >= 15 is 0 Å². The van der Waals surface area contributed by atoms with E-state index < -0.39 is 5.69 Å².